The van der Waals surface area contributed by atoms with Gasteiger partial charge in [-0.1, -0.05) is 19.9 Å². The Hall–Kier alpha value is -1.62. The van der Waals surface area contributed by atoms with E-state index in [4.69, 9.17) is 9.84 Å². The van der Waals surface area contributed by atoms with Crippen molar-refractivity contribution in [2.45, 2.75) is 39.9 Å². The molecule has 0 saturated heterocycles. The first-order chi connectivity index (χ1) is 8.43. The van der Waals surface area contributed by atoms with Crippen LogP contribution >= 0.6 is 0 Å². The molecule has 100 valence electrons. The lowest BCUT2D eigenvalue weighted by Crippen LogP contribution is -2.15. The van der Waals surface area contributed by atoms with Crippen molar-refractivity contribution in [2.24, 2.45) is 5.92 Å². The van der Waals surface area contributed by atoms with Crippen LogP contribution in [0.25, 0.3) is 0 Å². The molecule has 1 unspecified atom stereocenters. The molecule has 0 heterocycles. The third kappa shape index (κ3) is 4.00. The molecule has 0 fully saturated rings. The number of hydrogen-bond acceptors (Lipinski definition) is 4. The topological polar surface area (TPSA) is 72.6 Å². The van der Waals surface area contributed by atoms with Crippen molar-refractivity contribution in [2.75, 3.05) is 0 Å². The maximum absolute atomic E-state index is 10.9. The summed E-state index contributed by atoms with van der Waals surface area (Å²) in [6.45, 7) is 5.82. The van der Waals surface area contributed by atoms with Gasteiger partial charge in [-0.2, -0.15) is 0 Å². The molecule has 1 aromatic carbocycles. The van der Waals surface area contributed by atoms with Crippen molar-refractivity contribution in [1.82, 2.24) is 0 Å². The fraction of sp³-hybridized carbons (Fsp3) is 0.538. The SMILES string of the molecule is CC(C)CC(C)Oc1ccc(CO)cc1[N+](=O)[O-]. The number of ether oxygens (including phenoxy) is 1. The summed E-state index contributed by atoms with van der Waals surface area (Å²) in [5.74, 6) is 0.723. The van der Waals surface area contributed by atoms with E-state index in [-0.39, 0.29) is 24.1 Å². The highest BCUT2D eigenvalue weighted by atomic mass is 16.6. The molecule has 5 nitrogen and oxygen atoms in total. The van der Waals surface area contributed by atoms with Gasteiger partial charge in [-0.3, -0.25) is 10.1 Å². The Kier molecular flexibility index (Phi) is 5.09. The zero-order chi connectivity index (χ0) is 13.7. The first-order valence-corrected chi connectivity index (χ1v) is 5.98. The van der Waals surface area contributed by atoms with E-state index in [1.54, 1.807) is 12.1 Å². The van der Waals surface area contributed by atoms with E-state index in [2.05, 4.69) is 13.8 Å². The molecule has 1 N–H and O–H groups in total. The summed E-state index contributed by atoms with van der Waals surface area (Å²) in [7, 11) is 0. The zero-order valence-electron chi connectivity index (χ0n) is 10.9. The Morgan fingerprint density at radius 3 is 2.56 bits per heavy atom. The quantitative estimate of drug-likeness (QED) is 0.625. The molecule has 0 saturated carbocycles. The summed E-state index contributed by atoms with van der Waals surface area (Å²) in [6.07, 6.45) is 0.752. The Balaban J connectivity index is 2.90. The van der Waals surface area contributed by atoms with Gasteiger partial charge in [-0.05, 0) is 30.9 Å². The van der Waals surface area contributed by atoms with Gasteiger partial charge in [-0.25, -0.2) is 0 Å². The molecule has 18 heavy (non-hydrogen) atoms. The molecular weight excluding hydrogens is 234 g/mol. The number of rotatable bonds is 6. The highest BCUT2D eigenvalue weighted by Crippen LogP contribution is 2.29. The summed E-state index contributed by atoms with van der Waals surface area (Å²) in [4.78, 5) is 10.4. The second-order valence-electron chi connectivity index (χ2n) is 4.78. The summed E-state index contributed by atoms with van der Waals surface area (Å²) in [6, 6.07) is 4.52. The van der Waals surface area contributed by atoms with E-state index in [1.807, 2.05) is 6.92 Å². The van der Waals surface area contributed by atoms with Gasteiger partial charge in [0.1, 0.15) is 0 Å². The molecular formula is C13H19NO4. The van der Waals surface area contributed by atoms with E-state index in [0.717, 1.165) is 6.42 Å². The fourth-order valence-corrected chi connectivity index (χ4v) is 1.83. The van der Waals surface area contributed by atoms with Crippen molar-refractivity contribution < 1.29 is 14.8 Å². The summed E-state index contributed by atoms with van der Waals surface area (Å²) >= 11 is 0. The van der Waals surface area contributed by atoms with E-state index in [0.29, 0.717) is 11.5 Å². The molecule has 1 rings (SSSR count). The first-order valence-electron chi connectivity index (χ1n) is 5.98. The first kappa shape index (κ1) is 14.4. The summed E-state index contributed by atoms with van der Waals surface area (Å²) in [5.41, 5.74) is 0.405. The van der Waals surface area contributed by atoms with Gasteiger partial charge >= 0.3 is 5.69 Å². The Labute approximate surface area is 107 Å². The molecule has 5 heteroatoms. The third-order valence-electron chi connectivity index (χ3n) is 2.53. The number of hydrogen-bond donors (Lipinski definition) is 1. The largest absolute Gasteiger partial charge is 0.484 e. The summed E-state index contributed by atoms with van der Waals surface area (Å²) < 4.78 is 5.59. The number of aliphatic hydroxyl groups excluding tert-OH is 1. The number of nitro groups is 1. The van der Waals surface area contributed by atoms with Crippen LogP contribution in [0.1, 0.15) is 32.8 Å². The van der Waals surface area contributed by atoms with Crippen LogP contribution < -0.4 is 4.74 Å². The second-order valence-corrected chi connectivity index (χ2v) is 4.78. The number of benzene rings is 1. The van der Waals surface area contributed by atoms with Gasteiger partial charge in [0.2, 0.25) is 0 Å². The number of nitrogens with zero attached hydrogens (tertiary/aromatic N) is 1. The lowest BCUT2D eigenvalue weighted by Gasteiger charge is -2.16. The monoisotopic (exact) mass is 253 g/mol. The van der Waals surface area contributed by atoms with Crippen LogP contribution in [-0.2, 0) is 6.61 Å². The van der Waals surface area contributed by atoms with Crippen molar-refractivity contribution in [3.63, 3.8) is 0 Å². The average Bonchev–Trinajstić information content (AvgIpc) is 2.28. The third-order valence-corrected chi connectivity index (χ3v) is 2.53. The molecule has 0 aromatic heterocycles. The lowest BCUT2D eigenvalue weighted by molar-refractivity contribution is -0.386. The van der Waals surface area contributed by atoms with Gasteiger partial charge in [-0.15, -0.1) is 0 Å². The van der Waals surface area contributed by atoms with Gasteiger partial charge < -0.3 is 9.84 Å². The van der Waals surface area contributed by atoms with E-state index < -0.39 is 4.92 Å². The highest BCUT2D eigenvalue weighted by molar-refractivity contribution is 5.48. The highest BCUT2D eigenvalue weighted by Gasteiger charge is 2.18. The molecule has 1 atom stereocenters. The number of nitro benzene ring substituents is 1. The molecule has 0 aliphatic carbocycles. The van der Waals surface area contributed by atoms with Crippen LogP contribution in [0.4, 0.5) is 5.69 Å². The van der Waals surface area contributed by atoms with Crippen LogP contribution in [0.5, 0.6) is 5.75 Å². The Morgan fingerprint density at radius 2 is 2.06 bits per heavy atom. The maximum Gasteiger partial charge on any atom is 0.311 e. The van der Waals surface area contributed by atoms with Crippen LogP contribution in [0.2, 0.25) is 0 Å². The van der Waals surface area contributed by atoms with Crippen LogP contribution in [0.3, 0.4) is 0 Å². The normalized spacial score (nSPS) is 12.5. The molecule has 0 aliphatic heterocycles. The van der Waals surface area contributed by atoms with Gasteiger partial charge in [0.25, 0.3) is 0 Å². The second kappa shape index (κ2) is 6.35. The summed E-state index contributed by atoms with van der Waals surface area (Å²) in [5, 5.41) is 19.9. The van der Waals surface area contributed by atoms with Crippen molar-refractivity contribution in [3.8, 4) is 5.75 Å². The van der Waals surface area contributed by atoms with Crippen molar-refractivity contribution in [1.29, 1.82) is 0 Å². The molecule has 0 amide bonds. The molecule has 0 bridgehead atoms. The van der Waals surface area contributed by atoms with E-state index in [9.17, 15) is 10.1 Å². The zero-order valence-corrected chi connectivity index (χ0v) is 10.9. The average molecular weight is 253 g/mol. The maximum atomic E-state index is 10.9. The molecule has 0 spiro atoms. The van der Waals surface area contributed by atoms with Gasteiger partial charge in [0, 0.05) is 6.07 Å². The van der Waals surface area contributed by atoms with Crippen molar-refractivity contribution >= 4 is 5.69 Å². The Morgan fingerprint density at radius 1 is 1.39 bits per heavy atom. The van der Waals surface area contributed by atoms with Crippen LogP contribution in [-0.4, -0.2) is 16.1 Å². The predicted molar refractivity (Wildman–Crippen MR) is 68.6 cm³/mol. The minimum Gasteiger partial charge on any atom is -0.484 e. The Bertz CT molecular complexity index is 417. The van der Waals surface area contributed by atoms with Crippen molar-refractivity contribution in [3.05, 3.63) is 33.9 Å². The molecule has 0 radical (unpaired) electrons. The smallest absolute Gasteiger partial charge is 0.311 e. The lowest BCUT2D eigenvalue weighted by atomic mass is 10.1. The van der Waals surface area contributed by atoms with Gasteiger partial charge in [0.15, 0.2) is 5.75 Å². The van der Waals surface area contributed by atoms with Gasteiger partial charge in [0.05, 0.1) is 17.6 Å². The standard InChI is InChI=1S/C13H19NO4/c1-9(2)6-10(3)18-13-5-4-11(8-15)7-12(13)14(16)17/h4-5,7,9-10,15H,6,8H2,1-3H3. The van der Waals surface area contributed by atoms with E-state index in [1.165, 1.54) is 6.07 Å². The van der Waals surface area contributed by atoms with Crippen LogP contribution in [0, 0.1) is 16.0 Å². The fourth-order valence-electron chi connectivity index (χ4n) is 1.83. The minimum atomic E-state index is -0.489. The predicted octanol–water partition coefficient (Wildman–Crippen LogP) is 2.90. The minimum absolute atomic E-state index is 0.0799. The molecule has 0 aliphatic rings. The van der Waals surface area contributed by atoms with E-state index >= 15 is 0 Å². The van der Waals surface area contributed by atoms with Crippen LogP contribution in [0.15, 0.2) is 18.2 Å². The number of aliphatic hydroxyl groups is 1. The molecule has 1 aromatic rings.